The van der Waals surface area contributed by atoms with Gasteiger partial charge in [-0.25, -0.2) is 4.79 Å². The highest BCUT2D eigenvalue weighted by Gasteiger charge is 2.44. The van der Waals surface area contributed by atoms with Gasteiger partial charge in [0.15, 0.2) is 8.32 Å². The van der Waals surface area contributed by atoms with E-state index < -0.39 is 25.9 Å². The van der Waals surface area contributed by atoms with E-state index in [0.29, 0.717) is 38.3 Å². The van der Waals surface area contributed by atoms with Gasteiger partial charge in [-0.15, -0.1) is 0 Å². The van der Waals surface area contributed by atoms with Gasteiger partial charge in [0.1, 0.15) is 11.6 Å². The number of hydrogen-bond donors (Lipinski definition) is 2. The SMILES string of the molecule is COC(=O)[C@@H](NC1(C(=O)Nc2ccccc2CO[Si](C)(C)C(C)(C)C)CCOCC1)c1ccccc1. The molecule has 0 radical (unpaired) electrons. The Balaban J connectivity index is 1.86. The quantitative estimate of drug-likeness (QED) is 0.355. The predicted molar refractivity (Wildman–Crippen MR) is 144 cm³/mol. The molecule has 1 fully saturated rings. The molecule has 1 aliphatic heterocycles. The van der Waals surface area contributed by atoms with E-state index in [1.807, 2.05) is 54.6 Å². The van der Waals surface area contributed by atoms with Crippen LogP contribution in [0.2, 0.25) is 18.1 Å². The predicted octanol–water partition coefficient (Wildman–Crippen LogP) is 5.20. The topological polar surface area (TPSA) is 85.9 Å². The van der Waals surface area contributed by atoms with Crippen molar-refractivity contribution in [1.82, 2.24) is 5.32 Å². The van der Waals surface area contributed by atoms with Gasteiger partial charge in [-0.3, -0.25) is 10.1 Å². The number of esters is 1. The monoisotopic (exact) mass is 512 g/mol. The molecule has 1 aliphatic rings. The van der Waals surface area contributed by atoms with Crippen LogP contribution in [0.5, 0.6) is 0 Å². The Morgan fingerprint density at radius 1 is 1.03 bits per heavy atom. The fourth-order valence-electron chi connectivity index (χ4n) is 3.96. The zero-order valence-corrected chi connectivity index (χ0v) is 23.4. The number of carbonyl (C=O) groups is 2. The number of ether oxygens (including phenoxy) is 2. The van der Waals surface area contributed by atoms with Crippen LogP contribution in [0.15, 0.2) is 54.6 Å². The number of anilines is 1. The van der Waals surface area contributed by atoms with Crippen LogP contribution >= 0.6 is 0 Å². The lowest BCUT2D eigenvalue weighted by molar-refractivity contribution is -0.145. The molecule has 0 aliphatic carbocycles. The summed E-state index contributed by atoms with van der Waals surface area (Å²) in [4.78, 5) is 26.6. The summed E-state index contributed by atoms with van der Waals surface area (Å²) in [6.45, 7) is 12.3. The van der Waals surface area contributed by atoms with Crippen LogP contribution in [0, 0.1) is 0 Å². The molecule has 1 atom stereocenters. The molecule has 0 aromatic heterocycles. The largest absolute Gasteiger partial charge is 0.468 e. The number of benzene rings is 2. The molecule has 2 aromatic carbocycles. The Morgan fingerprint density at radius 3 is 2.25 bits per heavy atom. The summed E-state index contributed by atoms with van der Waals surface area (Å²) < 4.78 is 17.1. The van der Waals surface area contributed by atoms with E-state index in [0.717, 1.165) is 11.1 Å². The third-order valence-corrected chi connectivity index (χ3v) is 11.9. The molecule has 1 amide bonds. The Labute approximate surface area is 216 Å². The van der Waals surface area contributed by atoms with E-state index in [1.54, 1.807) is 0 Å². The number of amides is 1. The first-order chi connectivity index (χ1) is 17.0. The van der Waals surface area contributed by atoms with Gasteiger partial charge in [0.25, 0.3) is 0 Å². The molecule has 8 heteroatoms. The summed E-state index contributed by atoms with van der Waals surface area (Å²) >= 11 is 0. The van der Waals surface area contributed by atoms with Crippen LogP contribution in [-0.4, -0.2) is 46.1 Å². The van der Waals surface area contributed by atoms with Crippen LogP contribution in [0.4, 0.5) is 5.69 Å². The zero-order valence-electron chi connectivity index (χ0n) is 22.4. The van der Waals surface area contributed by atoms with Crippen molar-refractivity contribution in [2.75, 3.05) is 25.6 Å². The van der Waals surface area contributed by atoms with Crippen molar-refractivity contribution >= 4 is 25.9 Å². The molecule has 3 rings (SSSR count). The first-order valence-corrected chi connectivity index (χ1v) is 15.4. The molecule has 7 nitrogen and oxygen atoms in total. The summed E-state index contributed by atoms with van der Waals surface area (Å²) in [5.41, 5.74) is 1.38. The number of rotatable bonds is 9. The lowest BCUT2D eigenvalue weighted by Crippen LogP contribution is -2.59. The lowest BCUT2D eigenvalue weighted by Gasteiger charge is -2.39. The molecule has 0 saturated carbocycles. The minimum Gasteiger partial charge on any atom is -0.468 e. The van der Waals surface area contributed by atoms with E-state index in [-0.39, 0.29) is 10.9 Å². The molecule has 0 unspecified atom stereocenters. The zero-order chi connectivity index (χ0) is 26.4. The minimum absolute atomic E-state index is 0.0849. The van der Waals surface area contributed by atoms with Gasteiger partial charge in [-0.05, 0) is 48.2 Å². The third kappa shape index (κ3) is 6.62. The van der Waals surface area contributed by atoms with Crippen molar-refractivity contribution in [2.45, 2.75) is 69.9 Å². The van der Waals surface area contributed by atoms with Crippen molar-refractivity contribution in [3.8, 4) is 0 Å². The summed E-state index contributed by atoms with van der Waals surface area (Å²) in [5, 5.41) is 6.58. The first-order valence-electron chi connectivity index (χ1n) is 12.5. The average Bonchev–Trinajstić information content (AvgIpc) is 2.86. The van der Waals surface area contributed by atoms with E-state index in [1.165, 1.54) is 7.11 Å². The number of methoxy groups -OCH3 is 1. The fraction of sp³-hybridized carbons (Fsp3) is 0.500. The Hall–Kier alpha value is -2.52. The number of nitrogens with one attached hydrogen (secondary N) is 2. The highest BCUT2D eigenvalue weighted by Crippen LogP contribution is 2.37. The van der Waals surface area contributed by atoms with Gasteiger partial charge in [-0.1, -0.05) is 69.3 Å². The lowest BCUT2D eigenvalue weighted by atomic mass is 9.86. The van der Waals surface area contributed by atoms with Crippen molar-refractivity contribution < 1.29 is 23.5 Å². The van der Waals surface area contributed by atoms with Crippen LogP contribution in [0.3, 0.4) is 0 Å². The van der Waals surface area contributed by atoms with Crippen molar-refractivity contribution in [1.29, 1.82) is 0 Å². The standard InChI is InChI=1S/C28H40N2O5Si/c1-27(2,3)36(5,6)35-20-22-14-10-11-15-23(22)29-26(32)28(16-18-34-19-17-28)30-24(25(31)33-4)21-12-8-7-9-13-21/h7-15,24,30H,16-20H2,1-6H3,(H,29,32)/t24-/m0/s1. The summed E-state index contributed by atoms with van der Waals surface area (Å²) in [6, 6.07) is 16.3. The van der Waals surface area contributed by atoms with E-state index in [9.17, 15) is 9.59 Å². The fourth-order valence-corrected chi connectivity index (χ4v) is 4.91. The normalized spacial score (nSPS) is 16.7. The maximum absolute atomic E-state index is 13.9. The Kier molecular flexibility index (Phi) is 9.11. The van der Waals surface area contributed by atoms with E-state index in [4.69, 9.17) is 13.9 Å². The van der Waals surface area contributed by atoms with Gasteiger partial charge < -0.3 is 19.2 Å². The van der Waals surface area contributed by atoms with Gasteiger partial charge in [-0.2, -0.15) is 0 Å². The second-order valence-corrected chi connectivity index (χ2v) is 15.7. The highest BCUT2D eigenvalue weighted by atomic mass is 28.4. The maximum Gasteiger partial charge on any atom is 0.327 e. The highest BCUT2D eigenvalue weighted by molar-refractivity contribution is 6.74. The molecule has 1 saturated heterocycles. The smallest absolute Gasteiger partial charge is 0.327 e. The van der Waals surface area contributed by atoms with Gasteiger partial charge >= 0.3 is 5.97 Å². The van der Waals surface area contributed by atoms with Crippen molar-refractivity contribution in [3.63, 3.8) is 0 Å². The van der Waals surface area contributed by atoms with E-state index in [2.05, 4.69) is 44.5 Å². The second kappa shape index (κ2) is 11.7. The first kappa shape index (κ1) is 28.1. The molecular weight excluding hydrogens is 472 g/mol. The molecule has 2 aromatic rings. The van der Waals surface area contributed by atoms with Crippen LogP contribution in [0.1, 0.15) is 50.8 Å². The van der Waals surface area contributed by atoms with Crippen LogP contribution in [0.25, 0.3) is 0 Å². The van der Waals surface area contributed by atoms with Crippen LogP contribution in [-0.2, 0) is 30.1 Å². The molecule has 196 valence electrons. The Morgan fingerprint density at radius 2 is 1.64 bits per heavy atom. The minimum atomic E-state index is -1.97. The second-order valence-electron chi connectivity index (χ2n) is 10.9. The van der Waals surface area contributed by atoms with Crippen molar-refractivity contribution in [2.24, 2.45) is 0 Å². The van der Waals surface area contributed by atoms with Gasteiger partial charge in [0.05, 0.1) is 13.7 Å². The molecule has 0 bridgehead atoms. The summed E-state index contributed by atoms with van der Waals surface area (Å²) in [5.74, 6) is -0.640. The number of carbonyl (C=O) groups excluding carboxylic acids is 2. The summed E-state index contributed by atoms with van der Waals surface area (Å²) in [7, 11) is -0.610. The third-order valence-electron chi connectivity index (χ3n) is 7.43. The van der Waals surface area contributed by atoms with Crippen molar-refractivity contribution in [3.05, 3.63) is 65.7 Å². The van der Waals surface area contributed by atoms with Gasteiger partial charge in [0, 0.05) is 18.9 Å². The van der Waals surface area contributed by atoms with Crippen LogP contribution < -0.4 is 10.6 Å². The van der Waals surface area contributed by atoms with E-state index >= 15 is 0 Å². The molecule has 1 heterocycles. The Bertz CT molecular complexity index is 1030. The maximum atomic E-state index is 13.9. The molecule has 2 N–H and O–H groups in total. The number of hydrogen-bond acceptors (Lipinski definition) is 6. The molecule has 36 heavy (non-hydrogen) atoms. The summed E-state index contributed by atoms with van der Waals surface area (Å²) in [6.07, 6.45) is 0.865. The molecule has 0 spiro atoms. The average molecular weight is 513 g/mol. The number of para-hydroxylation sites is 1. The van der Waals surface area contributed by atoms with Gasteiger partial charge in [0.2, 0.25) is 5.91 Å². The molecular formula is C28H40N2O5Si.